The number of benzene rings is 1. The maximum atomic E-state index is 12.6. The zero-order valence-corrected chi connectivity index (χ0v) is 14.2. The van der Waals surface area contributed by atoms with Crippen molar-refractivity contribution >= 4 is 40.9 Å². The minimum atomic E-state index is -1.21. The van der Waals surface area contributed by atoms with Gasteiger partial charge in [-0.1, -0.05) is 53.4 Å². The van der Waals surface area contributed by atoms with E-state index in [1.165, 1.54) is 23.1 Å². The molecule has 0 saturated carbocycles. The van der Waals surface area contributed by atoms with E-state index >= 15 is 0 Å². The van der Waals surface area contributed by atoms with Gasteiger partial charge in [0, 0.05) is 0 Å². The fraction of sp³-hybridized carbons (Fsp3) is 0.214. The first kappa shape index (κ1) is 16.4. The van der Waals surface area contributed by atoms with Crippen LogP contribution in [0.4, 0.5) is 4.79 Å². The van der Waals surface area contributed by atoms with E-state index < -0.39 is 23.4 Å². The molecule has 4 amide bonds. The third-order valence-electron chi connectivity index (χ3n) is 3.45. The number of nitrogens with zero attached hydrogens (tertiary/aromatic N) is 3. The Labute approximate surface area is 145 Å². The second kappa shape index (κ2) is 6.57. The summed E-state index contributed by atoms with van der Waals surface area (Å²) < 4.78 is 0.636. The number of rotatable bonds is 5. The molecule has 0 aliphatic carbocycles. The lowest BCUT2D eigenvalue weighted by Crippen LogP contribution is -2.48. The molecule has 1 unspecified atom stereocenters. The van der Waals surface area contributed by atoms with Gasteiger partial charge in [-0.2, -0.15) is 5.01 Å². The monoisotopic (exact) mass is 363 g/mol. The van der Waals surface area contributed by atoms with Gasteiger partial charge >= 0.3 is 6.03 Å². The van der Waals surface area contributed by atoms with E-state index in [1.54, 1.807) is 36.7 Å². The number of carbonyl (C=O) groups is 3. The van der Waals surface area contributed by atoms with E-state index in [2.05, 4.69) is 20.9 Å². The van der Waals surface area contributed by atoms with Crippen LogP contribution in [0.25, 0.3) is 0 Å². The highest BCUT2D eigenvalue weighted by Crippen LogP contribution is 2.27. The van der Waals surface area contributed by atoms with Crippen molar-refractivity contribution in [3.05, 3.63) is 41.4 Å². The number of hydrogen-bond donors (Lipinski definition) is 2. The molecule has 1 atom stereocenters. The average Bonchev–Trinajstić information content (AvgIpc) is 3.17. The molecule has 1 aromatic heterocycles. The lowest BCUT2D eigenvalue weighted by atomic mass is 9.92. The maximum Gasteiger partial charge on any atom is 0.344 e. The Kier molecular flexibility index (Phi) is 4.49. The third-order valence-corrected chi connectivity index (χ3v) is 5.31. The molecular formula is C14H13N5O3S2. The normalized spacial score (nSPS) is 20.1. The molecule has 1 saturated heterocycles. The summed E-state index contributed by atoms with van der Waals surface area (Å²) in [4.78, 5) is 36.7. The van der Waals surface area contributed by atoms with Gasteiger partial charge < -0.3 is 5.32 Å². The number of hydrogen-bond acceptors (Lipinski definition) is 7. The molecule has 24 heavy (non-hydrogen) atoms. The first-order chi connectivity index (χ1) is 11.5. The summed E-state index contributed by atoms with van der Waals surface area (Å²) in [7, 11) is 0. The summed E-state index contributed by atoms with van der Waals surface area (Å²) in [6.45, 7) is 1.60. The molecule has 0 bridgehead atoms. The molecule has 1 aliphatic rings. The lowest BCUT2D eigenvalue weighted by Gasteiger charge is -2.22. The molecule has 0 radical (unpaired) electrons. The zero-order valence-electron chi connectivity index (χ0n) is 12.6. The van der Waals surface area contributed by atoms with Gasteiger partial charge in [0.25, 0.3) is 5.91 Å². The number of nitrogens with one attached hydrogen (secondary N) is 2. The van der Waals surface area contributed by atoms with Crippen molar-refractivity contribution in [1.82, 2.24) is 25.9 Å². The minimum absolute atomic E-state index is 0.0221. The van der Waals surface area contributed by atoms with Gasteiger partial charge in [-0.05, 0) is 12.5 Å². The summed E-state index contributed by atoms with van der Waals surface area (Å²) in [6, 6.07) is 8.20. The number of hydrazine groups is 1. The Bertz CT molecular complexity index is 768. The predicted octanol–water partition coefficient (Wildman–Crippen LogP) is 1.13. The molecule has 8 nitrogen and oxygen atoms in total. The van der Waals surface area contributed by atoms with Crippen molar-refractivity contribution < 1.29 is 14.4 Å². The Morgan fingerprint density at radius 1 is 1.38 bits per heavy atom. The van der Waals surface area contributed by atoms with Gasteiger partial charge in [-0.15, -0.1) is 10.2 Å². The molecule has 10 heteroatoms. The van der Waals surface area contributed by atoms with Crippen LogP contribution in [0.15, 0.2) is 40.2 Å². The van der Waals surface area contributed by atoms with Crippen LogP contribution in [0, 0.1) is 0 Å². The number of urea groups is 1. The first-order valence-electron chi connectivity index (χ1n) is 6.91. The number of aromatic nitrogens is 2. The molecule has 1 aliphatic heterocycles. The number of imide groups is 1. The van der Waals surface area contributed by atoms with Crippen LogP contribution >= 0.6 is 23.1 Å². The van der Waals surface area contributed by atoms with E-state index in [0.717, 1.165) is 5.01 Å². The summed E-state index contributed by atoms with van der Waals surface area (Å²) >= 11 is 2.49. The van der Waals surface area contributed by atoms with Crippen molar-refractivity contribution in [2.75, 3.05) is 5.75 Å². The van der Waals surface area contributed by atoms with Gasteiger partial charge in [0.2, 0.25) is 5.91 Å². The summed E-state index contributed by atoms with van der Waals surface area (Å²) in [6.07, 6.45) is 0. The molecule has 2 heterocycles. The Morgan fingerprint density at radius 2 is 2.12 bits per heavy atom. The van der Waals surface area contributed by atoms with Crippen molar-refractivity contribution in [3.63, 3.8) is 0 Å². The Morgan fingerprint density at radius 3 is 2.79 bits per heavy atom. The maximum absolute atomic E-state index is 12.6. The third kappa shape index (κ3) is 3.10. The quantitative estimate of drug-likeness (QED) is 0.610. The highest BCUT2D eigenvalue weighted by molar-refractivity contribution is 8.01. The fourth-order valence-electron chi connectivity index (χ4n) is 2.22. The minimum Gasteiger partial charge on any atom is -0.318 e. The van der Waals surface area contributed by atoms with Crippen LogP contribution in [0.2, 0.25) is 0 Å². The fourth-order valence-corrected chi connectivity index (χ4v) is 3.50. The highest BCUT2D eigenvalue weighted by Gasteiger charge is 2.49. The van der Waals surface area contributed by atoms with Gasteiger partial charge in [0.15, 0.2) is 4.34 Å². The van der Waals surface area contributed by atoms with Crippen LogP contribution in [0.3, 0.4) is 0 Å². The van der Waals surface area contributed by atoms with Crippen molar-refractivity contribution in [3.8, 4) is 0 Å². The molecule has 3 rings (SSSR count). The van der Waals surface area contributed by atoms with Crippen LogP contribution in [0.1, 0.15) is 12.5 Å². The molecule has 0 spiro atoms. The second-order valence-electron chi connectivity index (χ2n) is 5.09. The lowest BCUT2D eigenvalue weighted by molar-refractivity contribution is -0.138. The second-order valence-corrected chi connectivity index (χ2v) is 7.15. The zero-order chi connectivity index (χ0) is 17.2. The molecule has 1 aromatic carbocycles. The smallest absolute Gasteiger partial charge is 0.318 e. The van der Waals surface area contributed by atoms with Crippen molar-refractivity contribution in [1.29, 1.82) is 0 Å². The average molecular weight is 363 g/mol. The number of amides is 4. The Hall–Kier alpha value is -2.46. The number of thioether (sulfide) groups is 1. The van der Waals surface area contributed by atoms with Crippen LogP contribution in [-0.4, -0.2) is 38.8 Å². The molecule has 2 N–H and O–H groups in total. The van der Waals surface area contributed by atoms with E-state index in [1.807, 2.05) is 6.07 Å². The highest BCUT2D eigenvalue weighted by atomic mass is 32.2. The molecule has 124 valence electrons. The summed E-state index contributed by atoms with van der Waals surface area (Å²) in [5.74, 6) is -0.988. The number of carbonyl (C=O) groups excluding carboxylic acids is 3. The van der Waals surface area contributed by atoms with E-state index in [9.17, 15) is 14.4 Å². The standard InChI is InChI=1S/C14H13N5O3S2/c1-14(9-5-3-2-4-6-9)11(21)19(12(22)16-14)18-10(20)7-23-13-17-15-8-24-13/h2-6,8H,7H2,1H3,(H,16,22)(H,18,20). The molecule has 2 aromatic rings. The Balaban J connectivity index is 1.67. The van der Waals surface area contributed by atoms with Crippen LogP contribution in [-0.2, 0) is 15.1 Å². The van der Waals surface area contributed by atoms with Gasteiger partial charge in [0.1, 0.15) is 11.0 Å². The van der Waals surface area contributed by atoms with Crippen molar-refractivity contribution in [2.24, 2.45) is 0 Å². The van der Waals surface area contributed by atoms with Gasteiger partial charge in [0.05, 0.1) is 5.75 Å². The van der Waals surface area contributed by atoms with Crippen LogP contribution < -0.4 is 10.7 Å². The van der Waals surface area contributed by atoms with E-state index in [4.69, 9.17) is 0 Å². The van der Waals surface area contributed by atoms with E-state index in [-0.39, 0.29) is 5.75 Å². The topological polar surface area (TPSA) is 104 Å². The summed E-state index contributed by atoms with van der Waals surface area (Å²) in [5, 5.41) is 10.8. The first-order valence-corrected chi connectivity index (χ1v) is 8.78. The van der Waals surface area contributed by atoms with Crippen LogP contribution in [0.5, 0.6) is 0 Å². The summed E-state index contributed by atoms with van der Waals surface area (Å²) in [5.41, 5.74) is 3.32. The van der Waals surface area contributed by atoms with Gasteiger partial charge in [-0.25, -0.2) is 4.79 Å². The molecular weight excluding hydrogens is 350 g/mol. The van der Waals surface area contributed by atoms with E-state index in [0.29, 0.717) is 9.90 Å². The molecule has 1 fully saturated rings. The largest absolute Gasteiger partial charge is 0.344 e. The SMILES string of the molecule is CC1(c2ccccc2)NC(=O)N(NC(=O)CSc2nncs2)C1=O. The predicted molar refractivity (Wildman–Crippen MR) is 87.9 cm³/mol. The van der Waals surface area contributed by atoms with Crippen molar-refractivity contribution in [2.45, 2.75) is 16.8 Å². The van der Waals surface area contributed by atoms with Gasteiger partial charge in [-0.3, -0.25) is 15.0 Å².